The van der Waals surface area contributed by atoms with Crippen molar-refractivity contribution in [1.29, 1.82) is 0 Å². The third-order valence-corrected chi connectivity index (χ3v) is 12.6. The van der Waals surface area contributed by atoms with E-state index in [0.29, 0.717) is 37.7 Å². The summed E-state index contributed by atoms with van der Waals surface area (Å²) in [6.45, 7) is 0.467. The van der Waals surface area contributed by atoms with Gasteiger partial charge in [-0.1, -0.05) is 58.5 Å². The minimum absolute atomic E-state index is 0.0349. The topological polar surface area (TPSA) is 66.6 Å². The number of carbonyl (C=O) groups is 1. The van der Waals surface area contributed by atoms with Gasteiger partial charge in [0.05, 0.1) is 20.1 Å². The number of alkyl halides is 1. The molecule has 3 aromatic rings. The van der Waals surface area contributed by atoms with Crippen molar-refractivity contribution in [2.75, 3.05) is 13.1 Å². The zero-order chi connectivity index (χ0) is 29.8. The summed E-state index contributed by atoms with van der Waals surface area (Å²) in [5.74, 6) is -0.120. The van der Waals surface area contributed by atoms with Crippen LogP contribution in [0.15, 0.2) is 71.8 Å². The predicted molar refractivity (Wildman–Crippen MR) is 171 cm³/mol. The molecule has 1 saturated carbocycles. The van der Waals surface area contributed by atoms with E-state index in [1.165, 1.54) is 29.3 Å². The molecule has 42 heavy (non-hydrogen) atoms. The molecule has 9 heteroatoms. The van der Waals surface area contributed by atoms with Crippen LogP contribution in [0.2, 0.25) is 20.1 Å². The van der Waals surface area contributed by atoms with Crippen LogP contribution in [0.25, 0.3) is 12.2 Å². The van der Waals surface area contributed by atoms with E-state index in [1.54, 1.807) is 48.6 Å². The Morgan fingerprint density at radius 3 is 1.86 bits per heavy atom. The second kappa shape index (κ2) is 14.6. The molecule has 0 bridgehead atoms. The van der Waals surface area contributed by atoms with Crippen molar-refractivity contribution in [2.45, 2.75) is 48.3 Å². The molecule has 3 aromatic carbocycles. The van der Waals surface area contributed by atoms with E-state index < -0.39 is 12.3 Å². The van der Waals surface area contributed by atoms with Gasteiger partial charge in [-0.3, -0.25) is 0 Å². The van der Waals surface area contributed by atoms with Crippen LogP contribution in [0.5, 0.6) is 0 Å². The molecule has 5 rings (SSSR count). The Balaban J connectivity index is 1.36. The number of carbonyl (C=O) groups excluding carboxylic acids is 1. The van der Waals surface area contributed by atoms with Gasteiger partial charge in [0, 0.05) is 0 Å². The van der Waals surface area contributed by atoms with Gasteiger partial charge < -0.3 is 0 Å². The second-order valence-electron chi connectivity index (χ2n) is 10.8. The summed E-state index contributed by atoms with van der Waals surface area (Å²) < 4.78 is 2.36. The van der Waals surface area contributed by atoms with Gasteiger partial charge in [-0.15, -0.1) is 0 Å². The van der Waals surface area contributed by atoms with Gasteiger partial charge in [0.2, 0.25) is 0 Å². The first-order valence-corrected chi connectivity index (χ1v) is 17.8. The molecule has 1 heterocycles. The average molecular weight is 757 g/mol. The van der Waals surface area contributed by atoms with E-state index in [4.69, 9.17) is 52.1 Å². The number of rotatable bonds is 8. The van der Waals surface area contributed by atoms with E-state index in [1.807, 2.05) is 4.90 Å². The van der Waals surface area contributed by atoms with Gasteiger partial charge in [-0.05, 0) is 24.3 Å². The number of hydrogen-bond donors (Lipinski definition) is 2. The molecule has 2 atom stereocenters. The number of likely N-dealkylation sites (tertiary alicyclic amines) is 1. The molecule has 0 aromatic heterocycles. The molecular formula is C33H32Cl4IN2O2-. The summed E-state index contributed by atoms with van der Waals surface area (Å²) in [7, 11) is 0. The molecule has 1 aliphatic heterocycles. The predicted octanol–water partition coefficient (Wildman–Crippen LogP) is 4.74. The van der Waals surface area contributed by atoms with Crippen molar-refractivity contribution in [3.05, 3.63) is 112 Å². The second-order valence-corrected chi connectivity index (χ2v) is 16.1. The minimum atomic E-state index is -0.974. The van der Waals surface area contributed by atoms with Crippen molar-refractivity contribution in [3.63, 3.8) is 0 Å². The monoisotopic (exact) mass is 755 g/mol. The maximum absolute atomic E-state index is 13.6. The first-order chi connectivity index (χ1) is 20.2. The van der Waals surface area contributed by atoms with Crippen LogP contribution in [0, 0.1) is 3.57 Å². The third kappa shape index (κ3) is 8.19. The zero-order valence-corrected chi connectivity index (χ0v) is 28.1. The molecule has 2 aliphatic rings. The van der Waals surface area contributed by atoms with Crippen LogP contribution in [0.1, 0.15) is 42.4 Å². The fourth-order valence-electron chi connectivity index (χ4n) is 5.36. The Morgan fingerprint density at radius 1 is 0.833 bits per heavy atom. The summed E-state index contributed by atoms with van der Waals surface area (Å²) in [4.78, 5) is 15.5. The van der Waals surface area contributed by atoms with Gasteiger partial charge in [0.15, 0.2) is 0 Å². The molecule has 0 radical (unpaired) electrons. The Hall–Kier alpha value is -1.42. The quantitative estimate of drug-likeness (QED) is 0.198. The van der Waals surface area contributed by atoms with Crippen LogP contribution in [-0.4, -0.2) is 45.1 Å². The number of hydrogen-bond acceptors (Lipinski definition) is 4. The summed E-state index contributed by atoms with van der Waals surface area (Å²) in [5.41, 5.74) is 10.2. The fourth-order valence-corrected chi connectivity index (χ4v) is 9.27. The number of piperidine rings is 1. The van der Waals surface area contributed by atoms with Crippen molar-refractivity contribution in [2.24, 2.45) is 5.73 Å². The van der Waals surface area contributed by atoms with Crippen molar-refractivity contribution in [3.8, 4) is 0 Å². The fraction of sp³-hybridized carbons (Fsp3) is 0.303. The molecule has 2 unspecified atom stereocenters. The molecule has 0 amide bonds. The normalized spacial score (nSPS) is 20.1. The number of halogens is 5. The van der Waals surface area contributed by atoms with Crippen molar-refractivity contribution in [1.82, 2.24) is 4.90 Å². The van der Waals surface area contributed by atoms with E-state index in [9.17, 15) is 9.90 Å². The van der Waals surface area contributed by atoms with Crippen LogP contribution in [0.4, 0.5) is 0 Å². The molecule has 3 N–H and O–H groups in total. The van der Waals surface area contributed by atoms with Gasteiger partial charge >= 0.3 is 177 Å². The zero-order valence-electron chi connectivity index (χ0n) is 22.9. The van der Waals surface area contributed by atoms with Gasteiger partial charge in [-0.2, -0.15) is 0 Å². The molecule has 1 aliphatic carbocycles. The summed E-state index contributed by atoms with van der Waals surface area (Å²) in [5, 5.41) is 13.1. The Bertz CT molecular complexity index is 1430. The van der Waals surface area contributed by atoms with Crippen LogP contribution < -0.4 is 26.9 Å². The number of Topliss-reactive ketones (excluding diaryl/α,β-unsaturated/α-hetero) is 1. The van der Waals surface area contributed by atoms with E-state index >= 15 is 0 Å². The first kappa shape index (κ1) is 32.0. The molecule has 0 spiro atoms. The van der Waals surface area contributed by atoms with Crippen molar-refractivity contribution < 1.29 is 31.1 Å². The SMILES string of the molecule is NC(Cc1ccc([I-]C2CCCC2)cc1)C(O)N1C/C(=C\c2ccc(Cl)c(Cl)c2)C(=O)/C(=C/c2ccc(Cl)c(Cl)c2)C1. The standard InChI is InChI=1S/C33H32Cl4IN2O2/c34-27-11-7-21(15-29(27)36)13-23-18-40(19-24(32(23)41)14-22-8-12-28(35)30(37)16-22)33(42)31(39)17-20-5-9-26(10-6-20)38-25-3-1-2-4-25/h5-16,25,31,33,42H,1-4,17-19,39H2/q-1/b23-13+,24-14+. The molecule has 222 valence electrons. The molecule has 4 nitrogen and oxygen atoms in total. The van der Waals surface area contributed by atoms with Gasteiger partial charge in [0.25, 0.3) is 0 Å². The van der Waals surface area contributed by atoms with Crippen molar-refractivity contribution >= 4 is 64.3 Å². The van der Waals surface area contributed by atoms with Crippen LogP contribution >= 0.6 is 46.4 Å². The Kier molecular flexibility index (Phi) is 11.1. The summed E-state index contributed by atoms with van der Waals surface area (Å²) in [6.07, 6.45) is 8.58. The van der Waals surface area contributed by atoms with Crippen LogP contribution in [-0.2, 0) is 11.2 Å². The first-order valence-electron chi connectivity index (χ1n) is 13.9. The summed E-state index contributed by atoms with van der Waals surface area (Å²) in [6, 6.07) is 18.6. The number of ketones is 1. The average Bonchev–Trinajstić information content (AvgIpc) is 3.48. The molecular weight excluding hydrogens is 725 g/mol. The Morgan fingerprint density at radius 2 is 1.36 bits per heavy atom. The number of aliphatic hydroxyl groups excluding tert-OH is 1. The van der Waals surface area contributed by atoms with Gasteiger partial charge in [0.1, 0.15) is 0 Å². The van der Waals surface area contributed by atoms with E-state index in [0.717, 1.165) is 20.6 Å². The number of aliphatic hydroxyl groups is 1. The van der Waals surface area contributed by atoms with E-state index in [2.05, 4.69) is 24.3 Å². The van der Waals surface area contributed by atoms with Crippen LogP contribution in [0.3, 0.4) is 0 Å². The summed E-state index contributed by atoms with van der Waals surface area (Å²) >= 11 is 24.7. The Labute approximate surface area is 277 Å². The number of nitrogens with zero attached hydrogens (tertiary/aromatic N) is 1. The van der Waals surface area contributed by atoms with Gasteiger partial charge in [-0.25, -0.2) is 0 Å². The number of benzene rings is 3. The number of nitrogens with two attached hydrogens (primary N) is 1. The maximum atomic E-state index is 13.6. The molecule has 1 saturated heterocycles. The third-order valence-electron chi connectivity index (χ3n) is 7.61. The molecule has 2 fully saturated rings. The van der Waals surface area contributed by atoms with E-state index in [-0.39, 0.29) is 40.1 Å².